The number of fused-ring (bicyclic) bond motifs is 1. The van der Waals surface area contributed by atoms with Crippen LogP contribution in [0, 0.1) is 6.92 Å². The Morgan fingerprint density at radius 3 is 2.58 bits per heavy atom. The van der Waals surface area contributed by atoms with Crippen molar-refractivity contribution in [3.63, 3.8) is 0 Å². The summed E-state index contributed by atoms with van der Waals surface area (Å²) < 4.78 is 1.12. The molecule has 0 fully saturated rings. The molecule has 4 aromatic rings. The Morgan fingerprint density at radius 2 is 1.83 bits per heavy atom. The van der Waals surface area contributed by atoms with Crippen LogP contribution in [0.25, 0.3) is 10.2 Å². The minimum absolute atomic E-state index is 0.420. The van der Waals surface area contributed by atoms with Crippen LogP contribution in [0.1, 0.15) is 5.56 Å². The molecule has 0 atom stereocenters. The van der Waals surface area contributed by atoms with Crippen molar-refractivity contribution in [2.24, 2.45) is 0 Å². The first-order valence-electron chi connectivity index (χ1n) is 7.10. The molecule has 0 aliphatic heterocycles. The summed E-state index contributed by atoms with van der Waals surface area (Å²) in [6, 6.07) is 6.16. The molecule has 7 nitrogen and oxygen atoms in total. The first kappa shape index (κ1) is 14.8. The summed E-state index contributed by atoms with van der Waals surface area (Å²) in [6.45, 7) is 2.06. The van der Waals surface area contributed by atoms with Crippen LogP contribution in [0.5, 0.6) is 0 Å². The lowest BCUT2D eigenvalue weighted by atomic mass is 10.2. The van der Waals surface area contributed by atoms with E-state index in [1.165, 1.54) is 23.2 Å². The number of benzene rings is 1. The number of rotatable bonds is 4. The molecule has 0 aliphatic rings. The van der Waals surface area contributed by atoms with E-state index in [0.717, 1.165) is 20.5 Å². The predicted molar refractivity (Wildman–Crippen MR) is 99.5 cm³/mol. The maximum absolute atomic E-state index is 6.17. The predicted octanol–water partition coefficient (Wildman–Crippen LogP) is 3.92. The number of hydrogen-bond acceptors (Lipinski definition) is 9. The zero-order chi connectivity index (χ0) is 16.5. The Labute approximate surface area is 145 Å². The molecule has 0 aliphatic carbocycles. The highest BCUT2D eigenvalue weighted by molar-refractivity contribution is 7.22. The molecule has 3 heterocycles. The van der Waals surface area contributed by atoms with Crippen molar-refractivity contribution in [1.82, 2.24) is 19.9 Å². The topological polar surface area (TPSA) is 102 Å². The Kier molecular flexibility index (Phi) is 3.71. The van der Waals surface area contributed by atoms with Gasteiger partial charge >= 0.3 is 0 Å². The average molecular weight is 355 g/mol. The fourth-order valence-electron chi connectivity index (χ4n) is 2.17. The SMILES string of the molecule is Cc1ccc2nc(Nc3ncnc(Nc4nccs4)c3N)sc2c1. The van der Waals surface area contributed by atoms with Crippen molar-refractivity contribution < 1.29 is 0 Å². The van der Waals surface area contributed by atoms with E-state index in [-0.39, 0.29) is 0 Å². The third-order valence-electron chi connectivity index (χ3n) is 3.31. The Bertz CT molecular complexity index is 994. The summed E-state index contributed by atoms with van der Waals surface area (Å²) in [5.41, 5.74) is 8.74. The highest BCUT2D eigenvalue weighted by Crippen LogP contribution is 2.32. The lowest BCUT2D eigenvalue weighted by molar-refractivity contribution is 1.17. The minimum atomic E-state index is 0.420. The molecular weight excluding hydrogens is 342 g/mol. The fourth-order valence-corrected chi connectivity index (χ4v) is 3.66. The number of nitrogens with zero attached hydrogens (tertiary/aromatic N) is 4. The molecule has 0 saturated carbocycles. The van der Waals surface area contributed by atoms with E-state index in [9.17, 15) is 0 Å². The number of nitrogens with one attached hydrogen (secondary N) is 2. The van der Waals surface area contributed by atoms with Crippen LogP contribution in [0.15, 0.2) is 36.1 Å². The smallest absolute Gasteiger partial charge is 0.189 e. The van der Waals surface area contributed by atoms with Gasteiger partial charge in [-0.25, -0.2) is 19.9 Å². The summed E-state index contributed by atoms with van der Waals surface area (Å²) in [6.07, 6.45) is 3.17. The highest BCUT2D eigenvalue weighted by atomic mass is 32.1. The van der Waals surface area contributed by atoms with E-state index < -0.39 is 0 Å². The van der Waals surface area contributed by atoms with Crippen molar-refractivity contribution in [2.75, 3.05) is 16.4 Å². The molecule has 9 heteroatoms. The molecule has 0 spiro atoms. The van der Waals surface area contributed by atoms with Gasteiger partial charge < -0.3 is 16.4 Å². The molecule has 3 aromatic heterocycles. The van der Waals surface area contributed by atoms with E-state index in [0.29, 0.717) is 17.3 Å². The second kappa shape index (κ2) is 6.02. The number of nitrogen functional groups attached to an aromatic ring is 1. The van der Waals surface area contributed by atoms with Crippen LogP contribution < -0.4 is 16.4 Å². The standard InChI is InChI=1S/C15H13N7S2/c1-8-2-3-9-10(6-8)24-15(20-9)22-13-11(16)12(18-7-19-13)21-14-17-4-5-23-14/h2-7H,16H2,1H3,(H2,17,18,19,20,21,22). The molecule has 0 amide bonds. The first-order valence-corrected chi connectivity index (χ1v) is 8.80. The first-order chi connectivity index (χ1) is 11.7. The summed E-state index contributed by atoms with van der Waals surface area (Å²) in [7, 11) is 0. The molecule has 0 radical (unpaired) electrons. The summed E-state index contributed by atoms with van der Waals surface area (Å²) in [4.78, 5) is 17.1. The highest BCUT2D eigenvalue weighted by Gasteiger charge is 2.12. The van der Waals surface area contributed by atoms with Gasteiger partial charge in [-0.15, -0.1) is 11.3 Å². The normalized spacial score (nSPS) is 10.9. The van der Waals surface area contributed by atoms with Crippen LogP contribution in [0.4, 0.5) is 27.6 Å². The Hall–Kier alpha value is -2.78. The summed E-state index contributed by atoms with van der Waals surface area (Å²) in [5.74, 6) is 1.03. The molecular formula is C15H13N7S2. The van der Waals surface area contributed by atoms with Crippen molar-refractivity contribution in [2.45, 2.75) is 6.92 Å². The van der Waals surface area contributed by atoms with Crippen molar-refractivity contribution in [3.8, 4) is 0 Å². The van der Waals surface area contributed by atoms with Gasteiger partial charge in [-0.1, -0.05) is 17.4 Å². The summed E-state index contributed by atoms with van der Waals surface area (Å²) in [5, 5.41) is 9.60. The van der Waals surface area contributed by atoms with Crippen molar-refractivity contribution in [3.05, 3.63) is 41.7 Å². The van der Waals surface area contributed by atoms with Gasteiger partial charge in [0.05, 0.1) is 10.2 Å². The lowest BCUT2D eigenvalue weighted by Gasteiger charge is -2.09. The van der Waals surface area contributed by atoms with Crippen LogP contribution >= 0.6 is 22.7 Å². The van der Waals surface area contributed by atoms with Gasteiger partial charge in [-0.3, -0.25) is 0 Å². The zero-order valence-electron chi connectivity index (χ0n) is 12.6. The third-order valence-corrected chi connectivity index (χ3v) is 4.93. The van der Waals surface area contributed by atoms with E-state index in [1.807, 2.05) is 17.5 Å². The Balaban J connectivity index is 1.63. The second-order valence-electron chi connectivity index (χ2n) is 5.06. The zero-order valence-corrected chi connectivity index (χ0v) is 14.3. The monoisotopic (exact) mass is 355 g/mol. The molecule has 120 valence electrons. The summed E-state index contributed by atoms with van der Waals surface area (Å²) >= 11 is 3.03. The molecule has 4 rings (SSSR count). The van der Waals surface area contributed by atoms with Gasteiger partial charge in [0.25, 0.3) is 0 Å². The number of aryl methyl sites for hydroxylation is 1. The maximum atomic E-state index is 6.17. The van der Waals surface area contributed by atoms with Crippen LogP contribution in [-0.4, -0.2) is 19.9 Å². The number of hydrogen-bond donors (Lipinski definition) is 3. The lowest BCUT2D eigenvalue weighted by Crippen LogP contribution is -2.04. The number of anilines is 5. The van der Waals surface area contributed by atoms with Crippen LogP contribution in [0.2, 0.25) is 0 Å². The molecule has 0 saturated heterocycles. The van der Waals surface area contributed by atoms with Gasteiger partial charge in [0.15, 0.2) is 21.9 Å². The van der Waals surface area contributed by atoms with E-state index in [1.54, 1.807) is 17.5 Å². The van der Waals surface area contributed by atoms with Crippen LogP contribution in [-0.2, 0) is 0 Å². The van der Waals surface area contributed by atoms with E-state index in [2.05, 4.69) is 43.6 Å². The number of nitrogens with two attached hydrogens (primary N) is 1. The van der Waals surface area contributed by atoms with Gasteiger partial charge in [-0.05, 0) is 24.6 Å². The average Bonchev–Trinajstić information content (AvgIpc) is 3.20. The quantitative estimate of drug-likeness (QED) is 0.510. The third kappa shape index (κ3) is 2.86. The Morgan fingerprint density at radius 1 is 1.04 bits per heavy atom. The fraction of sp³-hybridized carbons (Fsp3) is 0.0667. The number of aromatic nitrogens is 4. The van der Waals surface area contributed by atoms with Gasteiger partial charge in [-0.2, -0.15) is 0 Å². The van der Waals surface area contributed by atoms with E-state index in [4.69, 9.17) is 5.73 Å². The molecule has 4 N–H and O–H groups in total. The van der Waals surface area contributed by atoms with Crippen molar-refractivity contribution >= 4 is 60.5 Å². The molecule has 1 aromatic carbocycles. The van der Waals surface area contributed by atoms with Gasteiger partial charge in [0.2, 0.25) is 0 Å². The minimum Gasteiger partial charge on any atom is -0.393 e. The van der Waals surface area contributed by atoms with Crippen LogP contribution in [0.3, 0.4) is 0 Å². The van der Waals surface area contributed by atoms with Gasteiger partial charge in [0, 0.05) is 11.6 Å². The molecule has 24 heavy (non-hydrogen) atoms. The van der Waals surface area contributed by atoms with Gasteiger partial charge in [0.1, 0.15) is 12.0 Å². The van der Waals surface area contributed by atoms with Crippen molar-refractivity contribution in [1.29, 1.82) is 0 Å². The number of thiazole rings is 2. The van der Waals surface area contributed by atoms with E-state index >= 15 is 0 Å². The second-order valence-corrected chi connectivity index (χ2v) is 6.99. The molecule has 0 bridgehead atoms. The molecule has 0 unspecified atom stereocenters. The largest absolute Gasteiger partial charge is 0.393 e. The maximum Gasteiger partial charge on any atom is 0.189 e.